The number of rotatable bonds is 8. The molecule has 0 radical (unpaired) electrons. The third kappa shape index (κ3) is 6.10. The molecule has 1 amide bonds. The van der Waals surface area contributed by atoms with Crippen molar-refractivity contribution in [3.8, 4) is 11.5 Å². The molecule has 2 rings (SSSR count). The van der Waals surface area contributed by atoms with Gasteiger partial charge < -0.3 is 14.8 Å². The molecule has 0 saturated carbocycles. The van der Waals surface area contributed by atoms with Crippen LogP contribution in [-0.4, -0.2) is 44.7 Å². The summed E-state index contributed by atoms with van der Waals surface area (Å²) in [4.78, 5) is 13.9. The zero-order valence-corrected chi connectivity index (χ0v) is 14.5. The minimum atomic E-state index is -0.0783. The summed E-state index contributed by atoms with van der Waals surface area (Å²) in [5.74, 6) is 1.40. The molecule has 0 spiro atoms. The maximum atomic E-state index is 12.0. The lowest BCUT2D eigenvalue weighted by atomic mass is 10.3. The van der Waals surface area contributed by atoms with Crippen molar-refractivity contribution in [3.63, 3.8) is 0 Å². The zero-order valence-electron chi connectivity index (χ0n) is 13.8. The van der Waals surface area contributed by atoms with Gasteiger partial charge in [-0.15, -0.1) is 0 Å². The molecule has 0 aliphatic carbocycles. The summed E-state index contributed by atoms with van der Waals surface area (Å²) >= 11 is 5.90. The van der Waals surface area contributed by atoms with Crippen LogP contribution in [0.1, 0.15) is 0 Å². The summed E-state index contributed by atoms with van der Waals surface area (Å²) in [7, 11) is 3.48. The Hall–Kier alpha value is -2.24. The van der Waals surface area contributed by atoms with Crippen LogP contribution in [0.15, 0.2) is 48.5 Å². The number of benzene rings is 2. The lowest BCUT2D eigenvalue weighted by molar-refractivity contribution is -0.117. The number of amides is 1. The van der Waals surface area contributed by atoms with Crippen molar-refractivity contribution in [2.24, 2.45) is 0 Å². The molecule has 6 heteroatoms. The largest absolute Gasteiger partial charge is 0.497 e. The number of carbonyl (C=O) groups is 1. The molecule has 0 bridgehead atoms. The average molecular weight is 349 g/mol. The van der Waals surface area contributed by atoms with Crippen LogP contribution in [0.25, 0.3) is 0 Å². The molecule has 2 aromatic carbocycles. The third-order valence-electron chi connectivity index (χ3n) is 3.33. The summed E-state index contributed by atoms with van der Waals surface area (Å²) in [5.41, 5.74) is 0.740. The van der Waals surface area contributed by atoms with Crippen molar-refractivity contribution >= 4 is 23.2 Å². The third-order valence-corrected chi connectivity index (χ3v) is 3.56. The van der Waals surface area contributed by atoms with Crippen molar-refractivity contribution in [3.05, 3.63) is 53.6 Å². The van der Waals surface area contributed by atoms with Crippen LogP contribution in [0, 0.1) is 0 Å². The van der Waals surface area contributed by atoms with Crippen molar-refractivity contribution < 1.29 is 14.3 Å². The molecule has 0 aromatic heterocycles. The highest BCUT2D eigenvalue weighted by atomic mass is 35.5. The van der Waals surface area contributed by atoms with Crippen molar-refractivity contribution in [1.29, 1.82) is 0 Å². The molecule has 0 atom stereocenters. The SMILES string of the molecule is COc1ccc(NC(=O)CN(C)CCOc2cccc(Cl)c2)cc1. The van der Waals surface area contributed by atoms with E-state index in [4.69, 9.17) is 21.1 Å². The average Bonchev–Trinajstić information content (AvgIpc) is 2.55. The molecular weight excluding hydrogens is 328 g/mol. The minimum Gasteiger partial charge on any atom is -0.497 e. The fraction of sp³-hybridized carbons (Fsp3) is 0.278. The van der Waals surface area contributed by atoms with E-state index in [1.54, 1.807) is 43.5 Å². The van der Waals surface area contributed by atoms with Gasteiger partial charge in [0.05, 0.1) is 13.7 Å². The Morgan fingerprint density at radius 3 is 2.58 bits per heavy atom. The van der Waals surface area contributed by atoms with E-state index in [0.717, 1.165) is 17.2 Å². The Morgan fingerprint density at radius 1 is 1.17 bits per heavy atom. The number of nitrogens with one attached hydrogen (secondary N) is 1. The molecule has 2 aromatic rings. The number of likely N-dealkylation sites (N-methyl/N-ethyl adjacent to an activating group) is 1. The number of halogens is 1. The predicted molar refractivity (Wildman–Crippen MR) is 96.1 cm³/mol. The highest BCUT2D eigenvalue weighted by Crippen LogP contribution is 2.17. The van der Waals surface area contributed by atoms with Crippen LogP contribution >= 0.6 is 11.6 Å². The first-order valence-electron chi connectivity index (χ1n) is 7.57. The lowest BCUT2D eigenvalue weighted by Crippen LogP contribution is -2.33. The van der Waals surface area contributed by atoms with Crippen molar-refractivity contribution in [1.82, 2.24) is 4.90 Å². The summed E-state index contributed by atoms with van der Waals surface area (Å²) in [6.07, 6.45) is 0. The Labute approximate surface area is 147 Å². The van der Waals surface area contributed by atoms with Gasteiger partial charge in [0, 0.05) is 17.3 Å². The first kappa shape index (κ1) is 18.1. The minimum absolute atomic E-state index is 0.0783. The van der Waals surface area contributed by atoms with Gasteiger partial charge in [0.25, 0.3) is 0 Å². The number of methoxy groups -OCH3 is 1. The van der Waals surface area contributed by atoms with E-state index in [1.807, 2.05) is 24.1 Å². The van der Waals surface area contributed by atoms with Crippen LogP contribution in [0.4, 0.5) is 5.69 Å². The molecule has 0 fully saturated rings. The summed E-state index contributed by atoms with van der Waals surface area (Å²) < 4.78 is 10.7. The fourth-order valence-corrected chi connectivity index (χ4v) is 2.26. The summed E-state index contributed by atoms with van der Waals surface area (Å²) in [6, 6.07) is 14.5. The van der Waals surface area contributed by atoms with E-state index < -0.39 is 0 Å². The Kier molecular flexibility index (Phi) is 6.90. The molecule has 0 unspecified atom stereocenters. The highest BCUT2D eigenvalue weighted by molar-refractivity contribution is 6.30. The van der Waals surface area contributed by atoms with E-state index >= 15 is 0 Å². The summed E-state index contributed by atoms with van der Waals surface area (Å²) in [6.45, 7) is 1.39. The number of nitrogens with zero attached hydrogens (tertiary/aromatic N) is 1. The monoisotopic (exact) mass is 348 g/mol. The number of hydrogen-bond acceptors (Lipinski definition) is 4. The Bertz CT molecular complexity index is 662. The first-order valence-corrected chi connectivity index (χ1v) is 7.95. The van der Waals surface area contributed by atoms with Crippen LogP contribution < -0.4 is 14.8 Å². The van der Waals surface area contributed by atoms with E-state index in [9.17, 15) is 4.79 Å². The topological polar surface area (TPSA) is 50.8 Å². The second kappa shape index (κ2) is 9.15. The summed E-state index contributed by atoms with van der Waals surface area (Å²) in [5, 5.41) is 3.48. The predicted octanol–water partition coefficient (Wildman–Crippen LogP) is 3.30. The zero-order chi connectivity index (χ0) is 17.4. The molecule has 1 N–H and O–H groups in total. The van der Waals surface area contributed by atoms with E-state index in [2.05, 4.69) is 5.32 Å². The fourth-order valence-electron chi connectivity index (χ4n) is 2.08. The molecule has 0 aliphatic rings. The lowest BCUT2D eigenvalue weighted by Gasteiger charge is -2.16. The second-order valence-electron chi connectivity index (χ2n) is 5.32. The quantitative estimate of drug-likeness (QED) is 0.795. The van der Waals surface area contributed by atoms with Gasteiger partial charge in [-0.05, 0) is 49.5 Å². The standard InChI is InChI=1S/C18H21ClN2O3/c1-21(10-11-24-17-5-3-4-14(19)12-17)13-18(22)20-15-6-8-16(23-2)9-7-15/h3-9,12H,10-11,13H2,1-2H3,(H,20,22). The van der Waals surface area contributed by atoms with Gasteiger partial charge in [0.2, 0.25) is 5.91 Å². The molecular formula is C18H21ClN2O3. The number of hydrogen-bond donors (Lipinski definition) is 1. The maximum Gasteiger partial charge on any atom is 0.238 e. The van der Waals surface area contributed by atoms with Gasteiger partial charge in [0.15, 0.2) is 0 Å². The maximum absolute atomic E-state index is 12.0. The van der Waals surface area contributed by atoms with Crippen molar-refractivity contribution in [2.45, 2.75) is 0 Å². The van der Waals surface area contributed by atoms with Gasteiger partial charge in [-0.3, -0.25) is 9.69 Å². The number of ether oxygens (including phenoxy) is 2. The Balaban J connectivity index is 1.70. The van der Waals surface area contributed by atoms with E-state index in [-0.39, 0.29) is 12.5 Å². The first-order chi connectivity index (χ1) is 11.6. The number of carbonyl (C=O) groups excluding carboxylic acids is 1. The van der Waals surface area contributed by atoms with Gasteiger partial charge in [0.1, 0.15) is 18.1 Å². The van der Waals surface area contributed by atoms with Crippen LogP contribution in [0.2, 0.25) is 5.02 Å². The molecule has 5 nitrogen and oxygen atoms in total. The highest BCUT2D eigenvalue weighted by Gasteiger charge is 2.07. The van der Waals surface area contributed by atoms with E-state index in [1.165, 1.54) is 0 Å². The molecule has 0 heterocycles. The molecule has 0 saturated heterocycles. The second-order valence-corrected chi connectivity index (χ2v) is 5.76. The molecule has 0 aliphatic heterocycles. The van der Waals surface area contributed by atoms with Crippen LogP contribution in [-0.2, 0) is 4.79 Å². The van der Waals surface area contributed by atoms with Crippen LogP contribution in [0.3, 0.4) is 0 Å². The van der Waals surface area contributed by atoms with Crippen molar-refractivity contribution in [2.75, 3.05) is 39.2 Å². The molecule has 128 valence electrons. The van der Waals surface area contributed by atoms with E-state index in [0.29, 0.717) is 18.2 Å². The normalized spacial score (nSPS) is 10.5. The van der Waals surface area contributed by atoms with Crippen LogP contribution in [0.5, 0.6) is 11.5 Å². The molecule has 24 heavy (non-hydrogen) atoms. The van der Waals surface area contributed by atoms with Gasteiger partial charge >= 0.3 is 0 Å². The van der Waals surface area contributed by atoms with Gasteiger partial charge in [-0.2, -0.15) is 0 Å². The number of anilines is 1. The Morgan fingerprint density at radius 2 is 1.92 bits per heavy atom. The van der Waals surface area contributed by atoms with Gasteiger partial charge in [-0.1, -0.05) is 17.7 Å². The smallest absolute Gasteiger partial charge is 0.238 e. The van der Waals surface area contributed by atoms with Gasteiger partial charge in [-0.25, -0.2) is 0 Å².